The van der Waals surface area contributed by atoms with Crippen molar-refractivity contribution >= 4 is 0 Å². The molecule has 76 valence electrons. The van der Waals surface area contributed by atoms with Gasteiger partial charge < -0.3 is 9.84 Å². The van der Waals surface area contributed by atoms with E-state index in [-0.39, 0.29) is 6.61 Å². The maximum atomic E-state index is 8.96. The molecular weight excluding hydrogens is 190 g/mol. The number of hydrogen-bond acceptors (Lipinski definition) is 3. The van der Waals surface area contributed by atoms with E-state index in [2.05, 4.69) is 4.98 Å². The summed E-state index contributed by atoms with van der Waals surface area (Å²) >= 11 is 0. The molecule has 0 amide bonds. The molecule has 0 saturated heterocycles. The van der Waals surface area contributed by atoms with Crippen molar-refractivity contribution in [2.24, 2.45) is 0 Å². The molecule has 0 atom stereocenters. The first-order valence-electron chi connectivity index (χ1n) is 4.66. The highest BCUT2D eigenvalue weighted by molar-refractivity contribution is 5.32. The standard InChI is InChI=1S/C12H11NO2/c14-9-10-3-1-4-11(7-10)15-12-5-2-6-13-8-12/h1-8,14H,9H2. The van der Waals surface area contributed by atoms with Crippen molar-refractivity contribution in [2.75, 3.05) is 0 Å². The van der Waals surface area contributed by atoms with Gasteiger partial charge in [-0.25, -0.2) is 0 Å². The van der Waals surface area contributed by atoms with Crippen LogP contribution in [-0.4, -0.2) is 10.1 Å². The van der Waals surface area contributed by atoms with Gasteiger partial charge in [0.15, 0.2) is 0 Å². The molecule has 1 aromatic heterocycles. The lowest BCUT2D eigenvalue weighted by molar-refractivity contribution is 0.281. The van der Waals surface area contributed by atoms with E-state index >= 15 is 0 Å². The Balaban J connectivity index is 2.17. The van der Waals surface area contributed by atoms with Gasteiger partial charge in [-0.1, -0.05) is 12.1 Å². The molecule has 1 N–H and O–H groups in total. The van der Waals surface area contributed by atoms with Crippen LogP contribution in [0.25, 0.3) is 0 Å². The summed E-state index contributed by atoms with van der Waals surface area (Å²) in [6, 6.07) is 11.0. The van der Waals surface area contributed by atoms with Gasteiger partial charge in [0, 0.05) is 6.20 Å². The van der Waals surface area contributed by atoms with Crippen molar-refractivity contribution in [1.82, 2.24) is 4.98 Å². The van der Waals surface area contributed by atoms with E-state index in [4.69, 9.17) is 9.84 Å². The monoisotopic (exact) mass is 201 g/mol. The number of aliphatic hydroxyl groups is 1. The average molecular weight is 201 g/mol. The molecule has 0 aliphatic rings. The Morgan fingerprint density at radius 3 is 2.73 bits per heavy atom. The minimum atomic E-state index is 0.0181. The van der Waals surface area contributed by atoms with Gasteiger partial charge in [0.2, 0.25) is 0 Å². The van der Waals surface area contributed by atoms with E-state index < -0.39 is 0 Å². The fourth-order valence-electron chi connectivity index (χ4n) is 1.25. The second-order valence-corrected chi connectivity index (χ2v) is 3.10. The molecule has 0 spiro atoms. The van der Waals surface area contributed by atoms with E-state index in [9.17, 15) is 0 Å². The molecule has 0 unspecified atom stereocenters. The molecule has 3 nitrogen and oxygen atoms in total. The molecule has 0 fully saturated rings. The first kappa shape index (κ1) is 9.68. The second kappa shape index (κ2) is 4.57. The highest BCUT2D eigenvalue weighted by Gasteiger charge is 1.97. The summed E-state index contributed by atoms with van der Waals surface area (Å²) in [5.41, 5.74) is 0.830. The van der Waals surface area contributed by atoms with Gasteiger partial charge in [0.25, 0.3) is 0 Å². The normalized spacial score (nSPS) is 9.93. The topological polar surface area (TPSA) is 42.4 Å². The van der Waals surface area contributed by atoms with Crippen LogP contribution in [0.4, 0.5) is 0 Å². The van der Waals surface area contributed by atoms with Gasteiger partial charge in [-0.15, -0.1) is 0 Å². The minimum Gasteiger partial charge on any atom is -0.456 e. The molecular formula is C12H11NO2. The third-order valence-corrected chi connectivity index (χ3v) is 1.95. The smallest absolute Gasteiger partial charge is 0.145 e. The maximum absolute atomic E-state index is 8.96. The van der Waals surface area contributed by atoms with Crippen LogP contribution in [0.1, 0.15) is 5.56 Å². The third kappa shape index (κ3) is 2.54. The van der Waals surface area contributed by atoms with Gasteiger partial charge in [-0.05, 0) is 29.8 Å². The summed E-state index contributed by atoms with van der Waals surface area (Å²) in [7, 11) is 0. The number of pyridine rings is 1. The van der Waals surface area contributed by atoms with Gasteiger partial charge in [0.05, 0.1) is 12.8 Å². The number of ether oxygens (including phenoxy) is 1. The zero-order chi connectivity index (χ0) is 10.5. The largest absolute Gasteiger partial charge is 0.456 e. The lowest BCUT2D eigenvalue weighted by Crippen LogP contribution is -1.87. The Morgan fingerprint density at radius 1 is 1.13 bits per heavy atom. The van der Waals surface area contributed by atoms with Crippen LogP contribution >= 0.6 is 0 Å². The summed E-state index contributed by atoms with van der Waals surface area (Å²) in [5, 5.41) is 8.96. The van der Waals surface area contributed by atoms with Crippen LogP contribution < -0.4 is 4.74 Å². The van der Waals surface area contributed by atoms with Crippen LogP contribution in [0.15, 0.2) is 48.8 Å². The van der Waals surface area contributed by atoms with Crippen LogP contribution in [0.2, 0.25) is 0 Å². The van der Waals surface area contributed by atoms with Crippen molar-refractivity contribution in [3.05, 3.63) is 54.4 Å². The van der Waals surface area contributed by atoms with Crippen molar-refractivity contribution in [2.45, 2.75) is 6.61 Å². The number of hydrogen-bond donors (Lipinski definition) is 1. The number of rotatable bonds is 3. The predicted molar refractivity (Wildman–Crippen MR) is 56.7 cm³/mol. The molecule has 0 bridgehead atoms. The predicted octanol–water partition coefficient (Wildman–Crippen LogP) is 2.37. The number of aliphatic hydroxyl groups excluding tert-OH is 1. The lowest BCUT2D eigenvalue weighted by atomic mass is 10.2. The van der Waals surface area contributed by atoms with E-state index in [0.29, 0.717) is 11.5 Å². The molecule has 2 aromatic rings. The molecule has 0 radical (unpaired) electrons. The molecule has 0 aliphatic carbocycles. The fourth-order valence-corrected chi connectivity index (χ4v) is 1.25. The average Bonchev–Trinajstić information content (AvgIpc) is 2.31. The fraction of sp³-hybridized carbons (Fsp3) is 0.0833. The summed E-state index contributed by atoms with van der Waals surface area (Å²) < 4.78 is 5.55. The van der Waals surface area contributed by atoms with Crippen LogP contribution in [0.3, 0.4) is 0 Å². The van der Waals surface area contributed by atoms with Gasteiger partial charge in [-0.3, -0.25) is 4.98 Å². The summed E-state index contributed by atoms with van der Waals surface area (Å²) in [4.78, 5) is 3.95. The van der Waals surface area contributed by atoms with Crippen LogP contribution in [0, 0.1) is 0 Å². The zero-order valence-electron chi connectivity index (χ0n) is 8.13. The number of benzene rings is 1. The Morgan fingerprint density at radius 2 is 2.00 bits per heavy atom. The quantitative estimate of drug-likeness (QED) is 0.828. The number of aromatic nitrogens is 1. The molecule has 15 heavy (non-hydrogen) atoms. The van der Waals surface area contributed by atoms with Crippen LogP contribution in [0.5, 0.6) is 11.5 Å². The number of nitrogens with zero attached hydrogens (tertiary/aromatic N) is 1. The van der Waals surface area contributed by atoms with Crippen molar-refractivity contribution in [3.63, 3.8) is 0 Å². The third-order valence-electron chi connectivity index (χ3n) is 1.95. The molecule has 1 aromatic carbocycles. The van der Waals surface area contributed by atoms with E-state index in [1.165, 1.54) is 0 Å². The van der Waals surface area contributed by atoms with Gasteiger partial charge in [-0.2, -0.15) is 0 Å². The summed E-state index contributed by atoms with van der Waals surface area (Å²) in [6.45, 7) is 0.0181. The summed E-state index contributed by atoms with van der Waals surface area (Å²) in [5.74, 6) is 1.39. The summed E-state index contributed by atoms with van der Waals surface area (Å²) in [6.07, 6.45) is 3.34. The SMILES string of the molecule is OCc1cccc(Oc2cccnc2)c1. The van der Waals surface area contributed by atoms with Crippen molar-refractivity contribution in [3.8, 4) is 11.5 Å². The molecule has 3 heteroatoms. The Bertz CT molecular complexity index is 429. The van der Waals surface area contributed by atoms with Crippen molar-refractivity contribution < 1.29 is 9.84 Å². The van der Waals surface area contributed by atoms with E-state index in [1.807, 2.05) is 30.3 Å². The van der Waals surface area contributed by atoms with Crippen molar-refractivity contribution in [1.29, 1.82) is 0 Å². The minimum absolute atomic E-state index is 0.0181. The molecule has 0 aliphatic heterocycles. The lowest BCUT2D eigenvalue weighted by Gasteiger charge is -2.05. The first-order valence-corrected chi connectivity index (χ1v) is 4.66. The highest BCUT2D eigenvalue weighted by Crippen LogP contribution is 2.20. The first-order chi connectivity index (χ1) is 7.38. The Labute approximate surface area is 88.0 Å². The molecule has 0 saturated carbocycles. The van der Waals surface area contributed by atoms with Gasteiger partial charge in [0.1, 0.15) is 11.5 Å². The maximum Gasteiger partial charge on any atom is 0.145 e. The van der Waals surface area contributed by atoms with E-state index in [0.717, 1.165) is 5.56 Å². The zero-order valence-corrected chi connectivity index (χ0v) is 8.13. The molecule has 1 heterocycles. The Hall–Kier alpha value is -1.87. The highest BCUT2D eigenvalue weighted by atomic mass is 16.5. The molecule has 2 rings (SSSR count). The Kier molecular flexibility index (Phi) is 2.95. The van der Waals surface area contributed by atoms with E-state index in [1.54, 1.807) is 18.5 Å². The van der Waals surface area contributed by atoms with Crippen LogP contribution in [-0.2, 0) is 6.61 Å². The van der Waals surface area contributed by atoms with Gasteiger partial charge >= 0.3 is 0 Å². The second-order valence-electron chi connectivity index (χ2n) is 3.10.